The summed E-state index contributed by atoms with van der Waals surface area (Å²) < 4.78 is 30.4. The van der Waals surface area contributed by atoms with Gasteiger partial charge in [0.25, 0.3) is 0 Å². The lowest BCUT2D eigenvalue weighted by molar-refractivity contribution is 0.328. The van der Waals surface area contributed by atoms with Crippen LogP contribution in [0.1, 0.15) is 5.56 Å². The van der Waals surface area contributed by atoms with Crippen molar-refractivity contribution in [2.24, 2.45) is 5.73 Å². The summed E-state index contributed by atoms with van der Waals surface area (Å²) in [5.41, 5.74) is 5.63. The number of nitriles is 1. The highest BCUT2D eigenvalue weighted by Crippen LogP contribution is 2.18. The van der Waals surface area contributed by atoms with Gasteiger partial charge < -0.3 is 10.5 Å². The minimum absolute atomic E-state index is 0. The maximum absolute atomic E-state index is 13.3. The van der Waals surface area contributed by atoms with Gasteiger partial charge in [0.05, 0.1) is 18.0 Å². The maximum Gasteiger partial charge on any atom is 0.166 e. The van der Waals surface area contributed by atoms with Crippen molar-refractivity contribution >= 4 is 12.4 Å². The van der Waals surface area contributed by atoms with E-state index in [1.54, 1.807) is 6.07 Å². The molecular weight excluding hydrogens is 250 g/mol. The minimum atomic E-state index is -0.658. The predicted octanol–water partition coefficient (Wildman–Crippen LogP) is 2.31. The first-order chi connectivity index (χ1) is 7.71. The highest BCUT2D eigenvalue weighted by atomic mass is 35.5. The molecule has 0 saturated carbocycles. The van der Waals surface area contributed by atoms with Crippen LogP contribution in [0, 0.1) is 17.1 Å². The third kappa shape index (κ3) is 4.39. The Morgan fingerprint density at radius 2 is 2.24 bits per heavy atom. The van der Waals surface area contributed by atoms with Crippen molar-refractivity contribution in [1.29, 1.82) is 5.26 Å². The van der Waals surface area contributed by atoms with Gasteiger partial charge in [-0.2, -0.15) is 5.26 Å². The van der Waals surface area contributed by atoms with E-state index in [0.29, 0.717) is 6.33 Å². The van der Waals surface area contributed by atoms with Gasteiger partial charge in [-0.15, -0.1) is 12.4 Å². The number of hydrogen-bond donors (Lipinski definition) is 1. The van der Waals surface area contributed by atoms with Crippen molar-refractivity contribution in [1.82, 2.24) is 0 Å². The van der Waals surface area contributed by atoms with Crippen LogP contribution in [0.25, 0.3) is 0 Å². The van der Waals surface area contributed by atoms with Crippen LogP contribution in [0.2, 0.25) is 0 Å². The van der Waals surface area contributed by atoms with E-state index in [2.05, 4.69) is 0 Å². The SMILES string of the molecule is Cl.N#Cc1ccc(OCC(=CF)CN)c(F)c1. The number of nitrogens with zero attached hydrogens (tertiary/aromatic N) is 1. The van der Waals surface area contributed by atoms with Gasteiger partial charge in [0.1, 0.15) is 6.61 Å². The molecule has 1 rings (SSSR count). The number of rotatable bonds is 4. The number of ether oxygens (including phenoxy) is 1. The molecule has 0 radical (unpaired) electrons. The Labute approximate surface area is 104 Å². The second kappa shape index (κ2) is 7.60. The maximum atomic E-state index is 13.3. The summed E-state index contributed by atoms with van der Waals surface area (Å²) in [4.78, 5) is 0. The van der Waals surface area contributed by atoms with Crippen molar-refractivity contribution in [2.45, 2.75) is 0 Å². The van der Waals surface area contributed by atoms with Crippen molar-refractivity contribution < 1.29 is 13.5 Å². The molecule has 17 heavy (non-hydrogen) atoms. The van der Waals surface area contributed by atoms with Crippen LogP contribution in [-0.4, -0.2) is 13.2 Å². The summed E-state index contributed by atoms with van der Waals surface area (Å²) in [6, 6.07) is 5.58. The van der Waals surface area contributed by atoms with E-state index < -0.39 is 5.82 Å². The molecule has 92 valence electrons. The summed E-state index contributed by atoms with van der Waals surface area (Å²) in [5, 5.41) is 8.51. The highest BCUT2D eigenvalue weighted by molar-refractivity contribution is 5.85. The lowest BCUT2D eigenvalue weighted by Gasteiger charge is -2.07. The average Bonchev–Trinajstić information content (AvgIpc) is 2.32. The van der Waals surface area contributed by atoms with Gasteiger partial charge in [-0.25, -0.2) is 8.78 Å². The van der Waals surface area contributed by atoms with E-state index in [4.69, 9.17) is 15.7 Å². The molecule has 6 heteroatoms. The Morgan fingerprint density at radius 3 is 2.71 bits per heavy atom. The Kier molecular flexibility index (Phi) is 6.87. The standard InChI is InChI=1S/C11H10F2N2O.ClH/c12-4-9(6-15)7-16-11-2-1-8(5-14)3-10(11)13;/h1-4H,6-7,15H2;1H. The second-order valence-electron chi connectivity index (χ2n) is 3.02. The Hall–Kier alpha value is -1.64. The molecule has 0 aliphatic carbocycles. The molecule has 0 bridgehead atoms. The van der Waals surface area contributed by atoms with E-state index in [1.807, 2.05) is 0 Å². The number of halogens is 3. The molecule has 2 N–H and O–H groups in total. The smallest absolute Gasteiger partial charge is 0.166 e. The summed E-state index contributed by atoms with van der Waals surface area (Å²) >= 11 is 0. The molecular formula is C11H11ClF2N2O. The minimum Gasteiger partial charge on any atom is -0.486 e. The molecule has 0 unspecified atom stereocenters. The summed E-state index contributed by atoms with van der Waals surface area (Å²) in [5.74, 6) is -0.693. The third-order valence-corrected chi connectivity index (χ3v) is 1.89. The zero-order valence-corrected chi connectivity index (χ0v) is 9.64. The normalized spacial score (nSPS) is 10.4. The van der Waals surface area contributed by atoms with Crippen LogP contribution < -0.4 is 10.5 Å². The monoisotopic (exact) mass is 260 g/mol. The predicted molar refractivity (Wildman–Crippen MR) is 62.1 cm³/mol. The Bertz CT molecular complexity index is 444. The van der Waals surface area contributed by atoms with Crippen LogP contribution in [0.3, 0.4) is 0 Å². The first-order valence-corrected chi connectivity index (χ1v) is 4.52. The van der Waals surface area contributed by atoms with Gasteiger partial charge in [0.15, 0.2) is 11.6 Å². The van der Waals surface area contributed by atoms with Gasteiger partial charge in [-0.05, 0) is 18.2 Å². The molecule has 3 nitrogen and oxygen atoms in total. The topological polar surface area (TPSA) is 59.0 Å². The molecule has 0 aromatic heterocycles. The molecule has 0 aliphatic heterocycles. The number of benzene rings is 1. The Morgan fingerprint density at radius 1 is 1.53 bits per heavy atom. The second-order valence-corrected chi connectivity index (χ2v) is 3.02. The molecule has 0 atom stereocenters. The average molecular weight is 261 g/mol. The van der Waals surface area contributed by atoms with Crippen LogP contribution in [0.15, 0.2) is 30.1 Å². The molecule has 0 fully saturated rings. The molecule has 0 heterocycles. The van der Waals surface area contributed by atoms with E-state index >= 15 is 0 Å². The fourth-order valence-electron chi connectivity index (χ4n) is 0.993. The molecule has 0 amide bonds. The van der Waals surface area contributed by atoms with Crippen molar-refractivity contribution in [3.8, 4) is 11.8 Å². The third-order valence-electron chi connectivity index (χ3n) is 1.89. The van der Waals surface area contributed by atoms with E-state index in [0.717, 1.165) is 6.07 Å². The zero-order chi connectivity index (χ0) is 12.0. The zero-order valence-electron chi connectivity index (χ0n) is 8.82. The molecule has 0 aliphatic rings. The van der Waals surface area contributed by atoms with Crippen LogP contribution in [0.5, 0.6) is 5.75 Å². The summed E-state index contributed by atoms with van der Waals surface area (Å²) in [6.07, 6.45) is 0.335. The van der Waals surface area contributed by atoms with E-state index in [-0.39, 0.29) is 42.4 Å². The largest absolute Gasteiger partial charge is 0.486 e. The fourth-order valence-corrected chi connectivity index (χ4v) is 0.993. The van der Waals surface area contributed by atoms with Crippen LogP contribution in [-0.2, 0) is 0 Å². The van der Waals surface area contributed by atoms with Crippen LogP contribution >= 0.6 is 12.4 Å². The van der Waals surface area contributed by atoms with Gasteiger partial charge in [0, 0.05) is 12.1 Å². The van der Waals surface area contributed by atoms with E-state index in [1.165, 1.54) is 12.1 Å². The quantitative estimate of drug-likeness (QED) is 0.904. The van der Waals surface area contributed by atoms with Crippen molar-refractivity contribution in [2.75, 3.05) is 13.2 Å². The highest BCUT2D eigenvalue weighted by Gasteiger charge is 2.05. The fraction of sp³-hybridized carbons (Fsp3) is 0.182. The number of hydrogen-bond acceptors (Lipinski definition) is 3. The molecule has 1 aromatic carbocycles. The summed E-state index contributed by atoms with van der Waals surface area (Å²) in [7, 11) is 0. The van der Waals surface area contributed by atoms with Crippen LogP contribution in [0.4, 0.5) is 8.78 Å². The first-order valence-electron chi connectivity index (χ1n) is 4.52. The lowest BCUT2D eigenvalue weighted by atomic mass is 10.2. The van der Waals surface area contributed by atoms with Gasteiger partial charge in [-0.3, -0.25) is 0 Å². The number of nitrogens with two attached hydrogens (primary N) is 1. The van der Waals surface area contributed by atoms with Gasteiger partial charge in [-0.1, -0.05) is 0 Å². The first kappa shape index (κ1) is 15.4. The van der Waals surface area contributed by atoms with Crippen molar-refractivity contribution in [3.63, 3.8) is 0 Å². The van der Waals surface area contributed by atoms with Crippen molar-refractivity contribution in [3.05, 3.63) is 41.5 Å². The lowest BCUT2D eigenvalue weighted by Crippen LogP contribution is -2.11. The Balaban J connectivity index is 0.00000256. The van der Waals surface area contributed by atoms with Gasteiger partial charge >= 0.3 is 0 Å². The molecule has 0 spiro atoms. The molecule has 0 saturated heterocycles. The van der Waals surface area contributed by atoms with E-state index in [9.17, 15) is 8.78 Å². The summed E-state index contributed by atoms with van der Waals surface area (Å²) in [6.45, 7) is -0.107. The van der Waals surface area contributed by atoms with Gasteiger partial charge in [0.2, 0.25) is 0 Å². The molecule has 1 aromatic rings.